The maximum Gasteiger partial charge on any atom is 0.416 e. The number of hydrogen-bond acceptors (Lipinski definition) is 3. The van der Waals surface area contributed by atoms with Gasteiger partial charge in [0, 0.05) is 16.9 Å². The smallest absolute Gasteiger partial charge is 0.303 e. The predicted octanol–water partition coefficient (Wildman–Crippen LogP) is 3.88. The van der Waals surface area contributed by atoms with Gasteiger partial charge in [-0.15, -0.1) is 11.3 Å². The number of aldehydes is 1. The summed E-state index contributed by atoms with van der Waals surface area (Å²) in [5.74, 6) is 0. The van der Waals surface area contributed by atoms with Crippen LogP contribution < -0.4 is 0 Å². The highest BCUT2D eigenvalue weighted by Gasteiger charge is 2.30. The topological polar surface area (TPSA) is 30.0 Å². The van der Waals surface area contributed by atoms with Crippen LogP contribution in [0.5, 0.6) is 0 Å². The van der Waals surface area contributed by atoms with Gasteiger partial charge in [0.1, 0.15) is 11.3 Å². The highest BCUT2D eigenvalue weighted by Crippen LogP contribution is 2.32. The van der Waals surface area contributed by atoms with Crippen molar-refractivity contribution in [3.8, 4) is 10.6 Å². The van der Waals surface area contributed by atoms with E-state index in [0.717, 1.165) is 29.0 Å². The fourth-order valence-electron chi connectivity index (χ4n) is 1.62. The van der Waals surface area contributed by atoms with Crippen LogP contribution in [0.3, 0.4) is 0 Å². The summed E-state index contributed by atoms with van der Waals surface area (Å²) in [4.78, 5) is 15.6. The minimum Gasteiger partial charge on any atom is -0.303 e. The molecule has 2 aromatic rings. The summed E-state index contributed by atoms with van der Waals surface area (Å²) >= 11 is 1.33. The molecule has 0 aliphatic heterocycles. The van der Waals surface area contributed by atoms with Gasteiger partial charge in [-0.05, 0) is 19.1 Å². The molecule has 0 aliphatic rings. The van der Waals surface area contributed by atoms with E-state index in [1.807, 2.05) is 0 Å². The molecule has 0 fully saturated rings. The molecule has 0 bridgehead atoms. The Bertz CT molecular complexity index is 587. The van der Waals surface area contributed by atoms with Crippen molar-refractivity contribution in [1.29, 1.82) is 0 Å². The van der Waals surface area contributed by atoms with Gasteiger partial charge in [-0.25, -0.2) is 4.98 Å². The molecule has 0 amide bonds. The summed E-state index contributed by atoms with van der Waals surface area (Å²) in [7, 11) is 0. The highest BCUT2D eigenvalue weighted by atomic mass is 32.1. The summed E-state index contributed by atoms with van der Waals surface area (Å²) < 4.78 is 37.3. The van der Waals surface area contributed by atoms with Gasteiger partial charge in [0.05, 0.1) is 11.3 Å². The Balaban J connectivity index is 2.32. The summed E-state index contributed by atoms with van der Waals surface area (Å²) in [5.41, 5.74) is 0.683. The summed E-state index contributed by atoms with van der Waals surface area (Å²) in [5, 5.41) is 0.628. The summed E-state index contributed by atoms with van der Waals surface area (Å²) in [6.07, 6.45) is -3.26. The zero-order valence-electron chi connectivity index (χ0n) is 9.99. The Morgan fingerprint density at radius 2 is 1.89 bits per heavy atom. The third-order valence-electron chi connectivity index (χ3n) is 2.62. The van der Waals surface area contributed by atoms with Gasteiger partial charge in [-0.1, -0.05) is 12.1 Å². The van der Waals surface area contributed by atoms with E-state index in [9.17, 15) is 18.0 Å². The zero-order valence-corrected chi connectivity index (χ0v) is 10.8. The molecule has 1 heterocycles. The summed E-state index contributed by atoms with van der Waals surface area (Å²) in [6, 6.07) is 4.86. The average molecular weight is 285 g/mol. The predicted molar refractivity (Wildman–Crippen MR) is 67.1 cm³/mol. The molecule has 0 unspecified atom stereocenters. The number of aryl methyl sites for hydroxylation is 1. The molecule has 2 rings (SSSR count). The molecule has 1 aromatic heterocycles. The first kappa shape index (κ1) is 13.7. The van der Waals surface area contributed by atoms with Crippen LogP contribution in [0, 0.1) is 6.92 Å². The number of nitrogens with zero attached hydrogens (tertiary/aromatic N) is 1. The van der Waals surface area contributed by atoms with E-state index in [1.165, 1.54) is 23.5 Å². The van der Waals surface area contributed by atoms with Crippen molar-refractivity contribution in [3.05, 3.63) is 40.4 Å². The Morgan fingerprint density at radius 1 is 1.26 bits per heavy atom. The second kappa shape index (κ2) is 5.13. The van der Waals surface area contributed by atoms with Crippen LogP contribution in [0.1, 0.15) is 16.1 Å². The number of hydrogen-bond donors (Lipinski definition) is 0. The quantitative estimate of drug-likeness (QED) is 0.801. The Hall–Kier alpha value is -1.69. The third kappa shape index (κ3) is 3.01. The molecule has 0 atom stereocenters. The normalized spacial score (nSPS) is 11.6. The molecule has 0 spiro atoms. The molecule has 0 saturated carbocycles. The minimum absolute atomic E-state index is 0.282. The molecule has 0 saturated heterocycles. The fourth-order valence-corrected chi connectivity index (χ4v) is 2.63. The number of benzene rings is 1. The number of aromatic nitrogens is 1. The van der Waals surface area contributed by atoms with E-state index in [2.05, 4.69) is 4.98 Å². The van der Waals surface area contributed by atoms with Crippen LogP contribution in [0.15, 0.2) is 24.3 Å². The average Bonchev–Trinajstić information content (AvgIpc) is 2.71. The Labute approximate surface area is 111 Å². The van der Waals surface area contributed by atoms with E-state index >= 15 is 0 Å². The third-order valence-corrected chi connectivity index (χ3v) is 3.85. The van der Waals surface area contributed by atoms with Crippen LogP contribution in [-0.4, -0.2) is 11.3 Å². The number of carbonyl (C=O) groups is 1. The number of alkyl halides is 3. The maximum absolute atomic E-state index is 12.4. The van der Waals surface area contributed by atoms with Crippen LogP contribution in [0.4, 0.5) is 13.2 Å². The van der Waals surface area contributed by atoms with Crippen molar-refractivity contribution in [2.24, 2.45) is 0 Å². The SMILES string of the molecule is Cc1nc(-c2ccc(C(F)(F)F)cc2)sc1CC=O. The lowest BCUT2D eigenvalue weighted by Crippen LogP contribution is -2.03. The number of halogens is 3. The molecular weight excluding hydrogens is 275 g/mol. The standard InChI is InChI=1S/C13H10F3NOS/c1-8-11(6-7-18)19-12(17-8)9-2-4-10(5-3-9)13(14,15)16/h2-5,7H,6H2,1H3. The van der Waals surface area contributed by atoms with Crippen molar-refractivity contribution in [3.63, 3.8) is 0 Å². The van der Waals surface area contributed by atoms with Gasteiger partial charge < -0.3 is 4.79 Å². The van der Waals surface area contributed by atoms with Crippen LogP contribution >= 0.6 is 11.3 Å². The molecule has 0 aliphatic carbocycles. The first-order chi connectivity index (χ1) is 8.91. The monoisotopic (exact) mass is 285 g/mol. The van der Waals surface area contributed by atoms with Crippen molar-refractivity contribution >= 4 is 17.6 Å². The lowest BCUT2D eigenvalue weighted by atomic mass is 10.1. The molecule has 100 valence electrons. The zero-order chi connectivity index (χ0) is 14.0. The highest BCUT2D eigenvalue weighted by molar-refractivity contribution is 7.15. The first-order valence-corrected chi connectivity index (χ1v) is 6.31. The Kier molecular flexibility index (Phi) is 3.71. The number of rotatable bonds is 3. The van der Waals surface area contributed by atoms with Gasteiger partial charge >= 0.3 is 6.18 Å². The lowest BCUT2D eigenvalue weighted by Gasteiger charge is -2.06. The van der Waals surface area contributed by atoms with Gasteiger partial charge in [-0.2, -0.15) is 13.2 Å². The molecule has 6 heteroatoms. The van der Waals surface area contributed by atoms with Gasteiger partial charge in [0.25, 0.3) is 0 Å². The number of thiazole rings is 1. The molecule has 1 aromatic carbocycles. The van der Waals surface area contributed by atoms with E-state index in [1.54, 1.807) is 6.92 Å². The van der Waals surface area contributed by atoms with Crippen molar-refractivity contribution in [1.82, 2.24) is 4.98 Å². The van der Waals surface area contributed by atoms with Gasteiger partial charge in [-0.3, -0.25) is 0 Å². The van der Waals surface area contributed by atoms with E-state index < -0.39 is 11.7 Å². The molecule has 2 nitrogen and oxygen atoms in total. The van der Waals surface area contributed by atoms with Crippen molar-refractivity contribution < 1.29 is 18.0 Å². The molecule has 0 radical (unpaired) electrons. The first-order valence-electron chi connectivity index (χ1n) is 5.49. The van der Waals surface area contributed by atoms with Crippen LogP contribution in [0.25, 0.3) is 10.6 Å². The van der Waals surface area contributed by atoms with Crippen molar-refractivity contribution in [2.75, 3.05) is 0 Å². The summed E-state index contributed by atoms with van der Waals surface area (Å²) in [6.45, 7) is 1.78. The molecule has 0 N–H and O–H groups in total. The second-order valence-electron chi connectivity index (χ2n) is 3.97. The van der Waals surface area contributed by atoms with E-state index in [0.29, 0.717) is 10.6 Å². The van der Waals surface area contributed by atoms with Crippen LogP contribution in [0.2, 0.25) is 0 Å². The maximum atomic E-state index is 12.4. The largest absolute Gasteiger partial charge is 0.416 e. The van der Waals surface area contributed by atoms with E-state index in [4.69, 9.17) is 0 Å². The van der Waals surface area contributed by atoms with E-state index in [-0.39, 0.29) is 6.42 Å². The molecular formula is C13H10F3NOS. The fraction of sp³-hybridized carbons (Fsp3) is 0.231. The molecule has 19 heavy (non-hydrogen) atoms. The second-order valence-corrected chi connectivity index (χ2v) is 5.06. The van der Waals surface area contributed by atoms with Crippen molar-refractivity contribution in [2.45, 2.75) is 19.5 Å². The van der Waals surface area contributed by atoms with Gasteiger partial charge in [0.2, 0.25) is 0 Å². The Morgan fingerprint density at radius 3 is 2.42 bits per heavy atom. The number of carbonyl (C=O) groups excluding carboxylic acids is 1. The van der Waals surface area contributed by atoms with Crippen LogP contribution in [-0.2, 0) is 17.4 Å². The lowest BCUT2D eigenvalue weighted by molar-refractivity contribution is -0.137. The minimum atomic E-state index is -4.33. The van der Waals surface area contributed by atoms with Gasteiger partial charge in [0.15, 0.2) is 0 Å².